The Morgan fingerprint density at radius 2 is 1.88 bits per heavy atom. The summed E-state index contributed by atoms with van der Waals surface area (Å²) in [7, 11) is 0. The smallest absolute Gasteiger partial charge is 0.315 e. The van der Waals surface area contributed by atoms with E-state index >= 15 is 0 Å². The molecule has 0 spiro atoms. The lowest BCUT2D eigenvalue weighted by Crippen LogP contribution is -2.42. The maximum atomic E-state index is 12.2. The molecule has 7 nitrogen and oxygen atoms in total. The molecule has 2 amide bonds. The van der Waals surface area contributed by atoms with Gasteiger partial charge >= 0.3 is 6.03 Å². The number of benzene rings is 1. The van der Waals surface area contributed by atoms with Crippen LogP contribution >= 0.6 is 0 Å². The molecule has 0 saturated carbocycles. The molecular weight excluding hydrogens is 304 g/mol. The monoisotopic (exact) mass is 330 g/mol. The quantitative estimate of drug-likeness (QED) is 0.817. The van der Waals surface area contributed by atoms with Gasteiger partial charge in [-0.2, -0.15) is 4.68 Å². The molecule has 0 unspecified atom stereocenters. The molecule has 0 saturated heterocycles. The fourth-order valence-corrected chi connectivity index (χ4v) is 2.57. The zero-order valence-electron chi connectivity index (χ0n) is 14.7. The summed E-state index contributed by atoms with van der Waals surface area (Å²) in [5.41, 5.74) is 0.858. The number of nitrogens with zero attached hydrogens (tertiary/aromatic N) is 4. The van der Waals surface area contributed by atoms with Crippen LogP contribution in [0.15, 0.2) is 30.3 Å². The zero-order valence-corrected chi connectivity index (χ0v) is 14.7. The molecule has 0 fully saturated rings. The number of amides is 2. The highest BCUT2D eigenvalue weighted by Crippen LogP contribution is 2.14. The predicted octanol–water partition coefficient (Wildman–Crippen LogP) is 2.85. The number of hydrogen-bond donors (Lipinski definition) is 2. The molecule has 2 aromatic rings. The van der Waals surface area contributed by atoms with Crippen molar-refractivity contribution in [1.82, 2.24) is 30.8 Å². The first-order valence-corrected chi connectivity index (χ1v) is 8.42. The molecule has 2 rings (SSSR count). The van der Waals surface area contributed by atoms with Crippen LogP contribution in [0, 0.1) is 5.92 Å². The Bertz CT molecular complexity index is 642. The van der Waals surface area contributed by atoms with Crippen LogP contribution in [0.2, 0.25) is 0 Å². The molecule has 1 aromatic carbocycles. The molecule has 0 aliphatic carbocycles. The third-order valence-electron chi connectivity index (χ3n) is 4.06. The minimum Gasteiger partial charge on any atom is -0.336 e. The van der Waals surface area contributed by atoms with Crippen LogP contribution in [0.25, 0.3) is 5.69 Å². The number of para-hydroxylation sites is 1. The van der Waals surface area contributed by atoms with Gasteiger partial charge in [-0.3, -0.25) is 0 Å². The van der Waals surface area contributed by atoms with Crippen molar-refractivity contribution in [2.45, 2.75) is 52.6 Å². The Hall–Kier alpha value is -2.44. The molecule has 3 atom stereocenters. The Morgan fingerprint density at radius 1 is 1.17 bits per heavy atom. The summed E-state index contributed by atoms with van der Waals surface area (Å²) < 4.78 is 1.63. The van der Waals surface area contributed by atoms with E-state index in [4.69, 9.17) is 0 Å². The zero-order chi connectivity index (χ0) is 17.5. The first-order chi connectivity index (χ1) is 11.5. The number of carbonyl (C=O) groups excluding carboxylic acids is 1. The lowest BCUT2D eigenvalue weighted by atomic mass is 10.0. The standard InChI is InChI=1S/C17H26N6O/c1-5-12(2)11-13(3)18-17(24)19-14(4)16-20-21-22-23(16)15-9-7-6-8-10-15/h6-10,12-14H,5,11H2,1-4H3,(H2,18,19,24)/t12-,13+,14+/m0/s1. The summed E-state index contributed by atoms with van der Waals surface area (Å²) in [4.78, 5) is 12.2. The van der Waals surface area contributed by atoms with E-state index in [2.05, 4.69) is 40.0 Å². The van der Waals surface area contributed by atoms with E-state index in [1.165, 1.54) is 0 Å². The fourth-order valence-electron chi connectivity index (χ4n) is 2.57. The maximum Gasteiger partial charge on any atom is 0.315 e. The third kappa shape index (κ3) is 4.78. The highest BCUT2D eigenvalue weighted by Gasteiger charge is 2.19. The molecule has 1 heterocycles. The number of aromatic nitrogens is 4. The second kappa shape index (κ2) is 8.42. The number of tetrazole rings is 1. The van der Waals surface area contributed by atoms with Gasteiger partial charge in [0.05, 0.1) is 11.7 Å². The first-order valence-electron chi connectivity index (χ1n) is 8.42. The van der Waals surface area contributed by atoms with Crippen LogP contribution in [-0.2, 0) is 0 Å². The number of carbonyl (C=O) groups is 1. The van der Waals surface area contributed by atoms with Crippen molar-refractivity contribution in [1.29, 1.82) is 0 Å². The van der Waals surface area contributed by atoms with E-state index in [1.54, 1.807) is 4.68 Å². The van der Waals surface area contributed by atoms with E-state index in [0.29, 0.717) is 11.7 Å². The number of rotatable bonds is 7. The van der Waals surface area contributed by atoms with Gasteiger partial charge in [0.2, 0.25) is 0 Å². The van der Waals surface area contributed by atoms with Crippen LogP contribution < -0.4 is 10.6 Å². The second-order valence-corrected chi connectivity index (χ2v) is 6.27. The molecule has 0 radical (unpaired) electrons. The van der Waals surface area contributed by atoms with Crippen molar-refractivity contribution in [3.63, 3.8) is 0 Å². The summed E-state index contributed by atoms with van der Waals surface area (Å²) in [6, 6.07) is 9.21. The minimum atomic E-state index is -0.309. The Balaban J connectivity index is 1.97. The molecule has 7 heteroatoms. The third-order valence-corrected chi connectivity index (χ3v) is 4.06. The number of hydrogen-bond acceptors (Lipinski definition) is 4. The normalized spacial score (nSPS) is 14.7. The summed E-state index contributed by atoms with van der Waals surface area (Å²) >= 11 is 0. The molecule has 0 aliphatic rings. The van der Waals surface area contributed by atoms with Gasteiger partial charge < -0.3 is 10.6 Å². The number of urea groups is 1. The van der Waals surface area contributed by atoms with E-state index in [9.17, 15) is 4.79 Å². The van der Waals surface area contributed by atoms with E-state index in [-0.39, 0.29) is 18.1 Å². The summed E-state index contributed by atoms with van der Waals surface area (Å²) in [5, 5.41) is 17.7. The average molecular weight is 330 g/mol. The number of nitrogens with one attached hydrogen (secondary N) is 2. The molecule has 0 bridgehead atoms. The van der Waals surface area contributed by atoms with Crippen LogP contribution in [-0.4, -0.2) is 32.3 Å². The average Bonchev–Trinajstić information content (AvgIpc) is 3.04. The summed E-state index contributed by atoms with van der Waals surface area (Å²) in [6.07, 6.45) is 2.07. The fraction of sp³-hybridized carbons (Fsp3) is 0.529. The van der Waals surface area contributed by atoms with Crippen molar-refractivity contribution < 1.29 is 4.79 Å². The second-order valence-electron chi connectivity index (χ2n) is 6.27. The lowest BCUT2D eigenvalue weighted by molar-refractivity contribution is 0.232. The van der Waals surface area contributed by atoms with Crippen LogP contribution in [0.1, 0.15) is 52.4 Å². The molecular formula is C17H26N6O. The Labute approximate surface area is 142 Å². The molecule has 1 aromatic heterocycles. The molecule has 0 aliphatic heterocycles. The van der Waals surface area contributed by atoms with Crippen molar-refractivity contribution in [2.75, 3.05) is 0 Å². The highest BCUT2D eigenvalue weighted by molar-refractivity contribution is 5.74. The highest BCUT2D eigenvalue weighted by atomic mass is 16.2. The largest absolute Gasteiger partial charge is 0.336 e. The molecule has 2 N–H and O–H groups in total. The Kier molecular flexibility index (Phi) is 6.28. The maximum absolute atomic E-state index is 12.2. The topological polar surface area (TPSA) is 84.7 Å². The van der Waals surface area contributed by atoms with Crippen molar-refractivity contribution >= 4 is 6.03 Å². The van der Waals surface area contributed by atoms with Gasteiger partial charge in [-0.25, -0.2) is 4.79 Å². The van der Waals surface area contributed by atoms with E-state index < -0.39 is 0 Å². The summed E-state index contributed by atoms with van der Waals surface area (Å²) in [5.74, 6) is 1.18. The summed E-state index contributed by atoms with van der Waals surface area (Å²) in [6.45, 7) is 8.23. The van der Waals surface area contributed by atoms with Crippen LogP contribution in [0.4, 0.5) is 4.79 Å². The molecule has 130 valence electrons. The van der Waals surface area contributed by atoms with Gasteiger partial charge in [-0.15, -0.1) is 5.10 Å². The van der Waals surface area contributed by atoms with Crippen LogP contribution in [0.3, 0.4) is 0 Å². The van der Waals surface area contributed by atoms with Crippen molar-refractivity contribution in [3.05, 3.63) is 36.2 Å². The lowest BCUT2D eigenvalue weighted by Gasteiger charge is -2.20. The van der Waals surface area contributed by atoms with Gasteiger partial charge in [0, 0.05) is 6.04 Å². The van der Waals surface area contributed by atoms with Crippen molar-refractivity contribution in [2.24, 2.45) is 5.92 Å². The van der Waals surface area contributed by atoms with Gasteiger partial charge in [0.1, 0.15) is 0 Å². The van der Waals surface area contributed by atoms with Gasteiger partial charge in [-0.05, 0) is 48.7 Å². The first kappa shape index (κ1) is 17.9. The van der Waals surface area contributed by atoms with Gasteiger partial charge in [0.25, 0.3) is 0 Å². The predicted molar refractivity (Wildman–Crippen MR) is 92.8 cm³/mol. The van der Waals surface area contributed by atoms with Gasteiger partial charge in [-0.1, -0.05) is 38.5 Å². The minimum absolute atomic E-state index is 0.122. The van der Waals surface area contributed by atoms with Gasteiger partial charge in [0.15, 0.2) is 5.82 Å². The van der Waals surface area contributed by atoms with Crippen LogP contribution in [0.5, 0.6) is 0 Å². The van der Waals surface area contributed by atoms with Crippen molar-refractivity contribution in [3.8, 4) is 5.69 Å². The SMILES string of the molecule is CC[C@H](C)C[C@@H](C)NC(=O)N[C@H](C)c1nnnn1-c1ccccc1. The van der Waals surface area contributed by atoms with E-state index in [0.717, 1.165) is 18.5 Å². The molecule has 24 heavy (non-hydrogen) atoms. The Morgan fingerprint density at radius 3 is 2.54 bits per heavy atom. The van der Waals surface area contributed by atoms with E-state index in [1.807, 2.05) is 44.2 Å².